The Morgan fingerprint density at radius 1 is 1.18 bits per heavy atom. The fourth-order valence-corrected chi connectivity index (χ4v) is 2.26. The second-order valence-corrected chi connectivity index (χ2v) is 3.69. The van der Waals surface area contributed by atoms with Gasteiger partial charge in [0.1, 0.15) is 0 Å². The predicted molar refractivity (Wildman–Crippen MR) is 49.6 cm³/mol. The molecule has 0 bridgehead atoms. The lowest BCUT2D eigenvalue weighted by molar-refractivity contribution is 0.588. The van der Waals surface area contributed by atoms with Gasteiger partial charge in [-0.25, -0.2) is 0 Å². The van der Waals surface area contributed by atoms with Gasteiger partial charge in [0, 0.05) is 6.04 Å². The topological polar surface area (TPSA) is 12.0 Å². The highest BCUT2D eigenvalue weighted by Gasteiger charge is 2.46. The van der Waals surface area contributed by atoms with Crippen LogP contribution >= 0.6 is 0 Å². The number of rotatable bonds is 5. The molecule has 1 nitrogen and oxygen atoms in total. The molecule has 0 saturated heterocycles. The maximum absolute atomic E-state index is 3.40. The van der Waals surface area contributed by atoms with Crippen molar-refractivity contribution in [3.05, 3.63) is 0 Å². The first-order valence-electron chi connectivity index (χ1n) is 5.02. The van der Waals surface area contributed by atoms with E-state index < -0.39 is 0 Å². The molecule has 1 saturated carbocycles. The molecular formula is C10H21N. The van der Waals surface area contributed by atoms with Crippen LogP contribution in [0, 0.1) is 11.8 Å². The highest BCUT2D eigenvalue weighted by atomic mass is 15.0. The Morgan fingerprint density at radius 2 is 1.91 bits per heavy atom. The van der Waals surface area contributed by atoms with Gasteiger partial charge in [-0.3, -0.25) is 0 Å². The van der Waals surface area contributed by atoms with E-state index in [4.69, 9.17) is 0 Å². The Labute approximate surface area is 70.6 Å². The minimum Gasteiger partial charge on any atom is -0.316 e. The molecule has 3 atom stereocenters. The Bertz CT molecular complexity index is 101. The van der Waals surface area contributed by atoms with Crippen LogP contribution in [-0.4, -0.2) is 13.1 Å². The lowest BCUT2D eigenvalue weighted by Crippen LogP contribution is -2.12. The lowest BCUT2D eigenvalue weighted by Gasteiger charge is -1.95. The Morgan fingerprint density at radius 3 is 2.27 bits per heavy atom. The van der Waals surface area contributed by atoms with Crippen LogP contribution in [-0.2, 0) is 0 Å². The minimum atomic E-state index is 0.853. The Kier molecular flexibility index (Phi) is 3.38. The normalized spacial score (nSPS) is 35.7. The zero-order valence-electron chi connectivity index (χ0n) is 8.06. The molecule has 0 aromatic carbocycles. The molecular weight excluding hydrogens is 134 g/mol. The van der Waals surface area contributed by atoms with Gasteiger partial charge < -0.3 is 5.32 Å². The van der Waals surface area contributed by atoms with Gasteiger partial charge in [0.25, 0.3) is 0 Å². The van der Waals surface area contributed by atoms with Crippen LogP contribution in [0.3, 0.4) is 0 Å². The average Bonchev–Trinajstić information content (AvgIpc) is 2.73. The third kappa shape index (κ3) is 1.96. The van der Waals surface area contributed by atoms with Crippen molar-refractivity contribution < 1.29 is 0 Å². The molecule has 0 radical (unpaired) electrons. The van der Waals surface area contributed by atoms with Crippen LogP contribution in [0.5, 0.6) is 0 Å². The summed E-state index contributed by atoms with van der Waals surface area (Å²) in [5.41, 5.74) is 0. The number of unbranched alkanes of at least 4 members (excludes halogenated alkanes) is 1. The van der Waals surface area contributed by atoms with E-state index in [9.17, 15) is 0 Å². The van der Waals surface area contributed by atoms with Crippen molar-refractivity contribution in [3.8, 4) is 0 Å². The molecule has 0 spiro atoms. The van der Waals surface area contributed by atoms with Crippen molar-refractivity contribution in [1.82, 2.24) is 5.32 Å². The quantitative estimate of drug-likeness (QED) is 0.643. The highest BCUT2D eigenvalue weighted by Crippen LogP contribution is 2.44. The molecule has 66 valence electrons. The van der Waals surface area contributed by atoms with E-state index in [1.807, 2.05) is 0 Å². The van der Waals surface area contributed by atoms with E-state index in [2.05, 4.69) is 26.2 Å². The first-order chi connectivity index (χ1) is 5.35. The Balaban J connectivity index is 2.16. The summed E-state index contributed by atoms with van der Waals surface area (Å²) < 4.78 is 0. The lowest BCUT2D eigenvalue weighted by atomic mass is 10.1. The SMILES string of the molecule is CCCCC1C(CC)C1NC. The van der Waals surface area contributed by atoms with Gasteiger partial charge in [-0.2, -0.15) is 0 Å². The summed E-state index contributed by atoms with van der Waals surface area (Å²) in [5.74, 6) is 2.00. The summed E-state index contributed by atoms with van der Waals surface area (Å²) >= 11 is 0. The predicted octanol–water partition coefficient (Wildman–Crippen LogP) is 2.42. The second-order valence-electron chi connectivity index (χ2n) is 3.69. The summed E-state index contributed by atoms with van der Waals surface area (Å²) in [4.78, 5) is 0. The number of nitrogens with one attached hydrogen (secondary N) is 1. The first-order valence-corrected chi connectivity index (χ1v) is 5.02. The van der Waals surface area contributed by atoms with Gasteiger partial charge >= 0.3 is 0 Å². The van der Waals surface area contributed by atoms with Crippen molar-refractivity contribution in [2.45, 2.75) is 45.6 Å². The van der Waals surface area contributed by atoms with E-state index in [0.717, 1.165) is 17.9 Å². The van der Waals surface area contributed by atoms with Crippen molar-refractivity contribution in [2.75, 3.05) is 7.05 Å². The smallest absolute Gasteiger partial charge is 0.0127 e. The molecule has 1 N–H and O–H groups in total. The first kappa shape index (κ1) is 9.05. The summed E-state index contributed by atoms with van der Waals surface area (Å²) in [7, 11) is 2.10. The summed E-state index contributed by atoms with van der Waals surface area (Å²) in [5, 5.41) is 3.40. The monoisotopic (exact) mass is 155 g/mol. The van der Waals surface area contributed by atoms with Gasteiger partial charge in [-0.1, -0.05) is 33.1 Å². The van der Waals surface area contributed by atoms with Crippen LogP contribution in [0.2, 0.25) is 0 Å². The van der Waals surface area contributed by atoms with E-state index in [1.54, 1.807) is 0 Å². The van der Waals surface area contributed by atoms with Crippen molar-refractivity contribution >= 4 is 0 Å². The molecule has 1 heteroatoms. The van der Waals surface area contributed by atoms with Gasteiger partial charge in [0.15, 0.2) is 0 Å². The van der Waals surface area contributed by atoms with E-state index >= 15 is 0 Å². The van der Waals surface area contributed by atoms with Crippen LogP contribution < -0.4 is 5.32 Å². The van der Waals surface area contributed by atoms with Crippen molar-refractivity contribution in [1.29, 1.82) is 0 Å². The number of hydrogen-bond acceptors (Lipinski definition) is 1. The third-order valence-electron chi connectivity index (χ3n) is 3.03. The number of hydrogen-bond donors (Lipinski definition) is 1. The van der Waals surface area contributed by atoms with Crippen LogP contribution in [0.25, 0.3) is 0 Å². The fourth-order valence-electron chi connectivity index (χ4n) is 2.26. The zero-order valence-corrected chi connectivity index (χ0v) is 8.06. The molecule has 0 heterocycles. The zero-order chi connectivity index (χ0) is 8.27. The van der Waals surface area contributed by atoms with Crippen molar-refractivity contribution in [3.63, 3.8) is 0 Å². The Hall–Kier alpha value is -0.0400. The molecule has 1 aliphatic rings. The largest absolute Gasteiger partial charge is 0.316 e. The van der Waals surface area contributed by atoms with E-state index in [1.165, 1.54) is 25.7 Å². The molecule has 0 aromatic heterocycles. The molecule has 3 unspecified atom stereocenters. The maximum atomic E-state index is 3.40. The highest BCUT2D eigenvalue weighted by molar-refractivity contribution is 5.01. The summed E-state index contributed by atoms with van der Waals surface area (Å²) in [6, 6.07) is 0.853. The molecule has 0 aromatic rings. The summed E-state index contributed by atoms with van der Waals surface area (Å²) in [6.45, 7) is 4.58. The van der Waals surface area contributed by atoms with Crippen LogP contribution in [0.15, 0.2) is 0 Å². The molecule has 1 aliphatic carbocycles. The van der Waals surface area contributed by atoms with Crippen LogP contribution in [0.4, 0.5) is 0 Å². The third-order valence-corrected chi connectivity index (χ3v) is 3.03. The van der Waals surface area contributed by atoms with Gasteiger partial charge in [0.05, 0.1) is 0 Å². The second kappa shape index (κ2) is 4.10. The van der Waals surface area contributed by atoms with E-state index in [-0.39, 0.29) is 0 Å². The molecule has 1 fully saturated rings. The van der Waals surface area contributed by atoms with Gasteiger partial charge in [-0.05, 0) is 25.3 Å². The maximum Gasteiger partial charge on any atom is 0.0127 e. The molecule has 11 heavy (non-hydrogen) atoms. The van der Waals surface area contributed by atoms with Gasteiger partial charge in [0.2, 0.25) is 0 Å². The molecule has 0 aliphatic heterocycles. The van der Waals surface area contributed by atoms with Crippen molar-refractivity contribution in [2.24, 2.45) is 11.8 Å². The average molecular weight is 155 g/mol. The summed E-state index contributed by atoms with van der Waals surface area (Å²) in [6.07, 6.45) is 5.57. The van der Waals surface area contributed by atoms with E-state index in [0.29, 0.717) is 0 Å². The van der Waals surface area contributed by atoms with Gasteiger partial charge in [-0.15, -0.1) is 0 Å². The molecule has 1 rings (SSSR count). The minimum absolute atomic E-state index is 0.853. The standard InChI is InChI=1S/C10H21N/c1-4-6-7-9-8(5-2)10(9)11-3/h8-11H,4-7H2,1-3H3. The van der Waals surface area contributed by atoms with Crippen LogP contribution in [0.1, 0.15) is 39.5 Å². The fraction of sp³-hybridized carbons (Fsp3) is 1.00. The molecule has 0 amide bonds.